The Hall–Kier alpha value is -2.87. The van der Waals surface area contributed by atoms with Gasteiger partial charge in [0.2, 0.25) is 0 Å². The van der Waals surface area contributed by atoms with Crippen LogP contribution in [-0.2, 0) is 19.3 Å². The third kappa shape index (κ3) is 4.11. The smallest absolute Gasteiger partial charge is 0.252 e. The Labute approximate surface area is 161 Å². The number of amides is 1. The maximum absolute atomic E-state index is 13.0. The number of fused-ring (bicyclic) bond motifs is 1. The summed E-state index contributed by atoms with van der Waals surface area (Å²) in [5.41, 5.74) is 5.86. The van der Waals surface area contributed by atoms with Gasteiger partial charge in [0, 0.05) is 5.56 Å². The van der Waals surface area contributed by atoms with Gasteiger partial charge in [-0.15, -0.1) is 0 Å². The van der Waals surface area contributed by atoms with Crippen molar-refractivity contribution >= 4 is 5.91 Å². The molecule has 0 spiro atoms. The third-order valence-electron chi connectivity index (χ3n) is 5.46. The number of nitrogens with one attached hydrogen (secondary N) is 1. The number of hydrogen-bond acceptors (Lipinski definition) is 1. The van der Waals surface area contributed by atoms with E-state index in [4.69, 9.17) is 0 Å². The Balaban J connectivity index is 1.50. The molecule has 1 atom stereocenters. The van der Waals surface area contributed by atoms with Crippen molar-refractivity contribution in [3.05, 3.63) is 107 Å². The minimum atomic E-state index is 0.0420. The van der Waals surface area contributed by atoms with E-state index < -0.39 is 0 Å². The van der Waals surface area contributed by atoms with E-state index in [1.165, 1.54) is 16.7 Å². The summed E-state index contributed by atoms with van der Waals surface area (Å²) < 4.78 is 0. The molecule has 0 unspecified atom stereocenters. The van der Waals surface area contributed by atoms with Crippen molar-refractivity contribution in [3.63, 3.8) is 0 Å². The van der Waals surface area contributed by atoms with Gasteiger partial charge in [-0.25, -0.2) is 0 Å². The van der Waals surface area contributed by atoms with Crippen molar-refractivity contribution in [1.82, 2.24) is 5.32 Å². The highest BCUT2D eigenvalue weighted by atomic mass is 16.1. The van der Waals surface area contributed by atoms with Crippen molar-refractivity contribution in [3.8, 4) is 0 Å². The molecule has 3 aromatic rings. The third-order valence-corrected chi connectivity index (χ3v) is 5.46. The molecule has 0 bridgehead atoms. The Morgan fingerprint density at radius 3 is 2.48 bits per heavy atom. The number of carbonyl (C=O) groups excluding carboxylic acids is 1. The molecule has 0 aliphatic heterocycles. The predicted molar refractivity (Wildman–Crippen MR) is 110 cm³/mol. The number of carbonyl (C=O) groups is 1. The first-order valence-corrected chi connectivity index (χ1v) is 9.82. The van der Waals surface area contributed by atoms with Gasteiger partial charge in [0.25, 0.3) is 5.91 Å². The van der Waals surface area contributed by atoms with E-state index in [2.05, 4.69) is 59.9 Å². The standard InChI is InChI=1S/C25H25NO/c27-25(26-24-16-8-13-20-11-4-6-14-22(20)24)23-15-7-5-12-21(23)18-17-19-9-2-1-3-10-19/h1-7,9-12,14-15,24H,8,13,16-18H2,(H,26,27)/t24-/m1/s1. The van der Waals surface area contributed by atoms with Gasteiger partial charge in [0.15, 0.2) is 0 Å². The van der Waals surface area contributed by atoms with Gasteiger partial charge in [-0.3, -0.25) is 4.79 Å². The average molecular weight is 355 g/mol. The van der Waals surface area contributed by atoms with Crippen LogP contribution in [0.15, 0.2) is 78.9 Å². The summed E-state index contributed by atoms with van der Waals surface area (Å²) in [7, 11) is 0. The second-order valence-corrected chi connectivity index (χ2v) is 7.26. The second-order valence-electron chi connectivity index (χ2n) is 7.26. The molecule has 136 valence electrons. The quantitative estimate of drug-likeness (QED) is 0.663. The molecule has 2 heteroatoms. The fourth-order valence-electron chi connectivity index (χ4n) is 4.02. The Morgan fingerprint density at radius 1 is 0.852 bits per heavy atom. The number of benzene rings is 3. The SMILES string of the molecule is O=C(N[C@@H]1CCCc2ccccc21)c1ccccc1CCc1ccccc1. The molecule has 1 amide bonds. The molecule has 2 nitrogen and oxygen atoms in total. The van der Waals surface area contributed by atoms with Crippen molar-refractivity contribution in [2.75, 3.05) is 0 Å². The Morgan fingerprint density at radius 2 is 1.59 bits per heavy atom. The fraction of sp³-hybridized carbons (Fsp3) is 0.240. The van der Waals surface area contributed by atoms with Crippen LogP contribution >= 0.6 is 0 Å². The fourth-order valence-corrected chi connectivity index (χ4v) is 4.02. The van der Waals surface area contributed by atoms with Crippen LogP contribution in [0.25, 0.3) is 0 Å². The minimum Gasteiger partial charge on any atom is -0.345 e. The highest BCUT2D eigenvalue weighted by Gasteiger charge is 2.22. The maximum atomic E-state index is 13.0. The number of aryl methyl sites for hydroxylation is 3. The average Bonchev–Trinajstić information content (AvgIpc) is 2.73. The van der Waals surface area contributed by atoms with E-state index >= 15 is 0 Å². The summed E-state index contributed by atoms with van der Waals surface area (Å²) in [4.78, 5) is 13.0. The van der Waals surface area contributed by atoms with E-state index in [1.54, 1.807) is 0 Å². The first-order valence-electron chi connectivity index (χ1n) is 9.82. The number of rotatable bonds is 5. The Bertz CT molecular complexity index is 916. The van der Waals surface area contributed by atoms with E-state index in [0.717, 1.165) is 43.2 Å². The summed E-state index contributed by atoms with van der Waals surface area (Å²) in [6.07, 6.45) is 5.05. The van der Waals surface area contributed by atoms with Gasteiger partial charge in [-0.2, -0.15) is 0 Å². The van der Waals surface area contributed by atoms with Gasteiger partial charge in [-0.1, -0.05) is 72.8 Å². The topological polar surface area (TPSA) is 29.1 Å². The minimum absolute atomic E-state index is 0.0420. The summed E-state index contributed by atoms with van der Waals surface area (Å²) in [5.74, 6) is 0.0420. The maximum Gasteiger partial charge on any atom is 0.252 e. The summed E-state index contributed by atoms with van der Waals surface area (Å²) >= 11 is 0. The number of hydrogen-bond donors (Lipinski definition) is 1. The lowest BCUT2D eigenvalue weighted by molar-refractivity contribution is 0.0932. The summed E-state index contributed by atoms with van der Waals surface area (Å²) in [5, 5.41) is 3.29. The van der Waals surface area contributed by atoms with Crippen molar-refractivity contribution in [1.29, 1.82) is 0 Å². The zero-order valence-electron chi connectivity index (χ0n) is 15.5. The normalized spacial score (nSPS) is 15.8. The summed E-state index contributed by atoms with van der Waals surface area (Å²) in [6.45, 7) is 0. The monoisotopic (exact) mass is 355 g/mol. The predicted octanol–water partition coefficient (Wildman–Crippen LogP) is 5.28. The molecule has 27 heavy (non-hydrogen) atoms. The zero-order valence-corrected chi connectivity index (χ0v) is 15.5. The van der Waals surface area contributed by atoms with Crippen LogP contribution in [0.3, 0.4) is 0 Å². The van der Waals surface area contributed by atoms with E-state index in [9.17, 15) is 4.79 Å². The second kappa shape index (κ2) is 8.22. The van der Waals surface area contributed by atoms with Crippen molar-refractivity contribution in [2.24, 2.45) is 0 Å². The highest BCUT2D eigenvalue weighted by molar-refractivity contribution is 5.96. The van der Waals surface area contributed by atoms with Gasteiger partial charge < -0.3 is 5.32 Å². The molecule has 1 aliphatic carbocycles. The van der Waals surface area contributed by atoms with Gasteiger partial charge in [0.1, 0.15) is 0 Å². The molecule has 0 saturated heterocycles. The van der Waals surface area contributed by atoms with Gasteiger partial charge >= 0.3 is 0 Å². The molecule has 0 radical (unpaired) electrons. The lowest BCUT2D eigenvalue weighted by atomic mass is 9.87. The molecular formula is C25H25NO. The lowest BCUT2D eigenvalue weighted by Gasteiger charge is -2.26. The molecule has 0 fully saturated rings. The molecule has 1 N–H and O–H groups in total. The molecule has 0 aromatic heterocycles. The summed E-state index contributed by atoms with van der Waals surface area (Å²) in [6, 6.07) is 27.0. The van der Waals surface area contributed by atoms with Crippen LogP contribution in [0.2, 0.25) is 0 Å². The Kier molecular flexibility index (Phi) is 5.34. The van der Waals surface area contributed by atoms with E-state index in [0.29, 0.717) is 0 Å². The van der Waals surface area contributed by atoms with E-state index in [1.807, 2.05) is 24.3 Å². The van der Waals surface area contributed by atoms with Crippen molar-refractivity contribution < 1.29 is 4.79 Å². The zero-order chi connectivity index (χ0) is 18.5. The molecule has 4 rings (SSSR count). The van der Waals surface area contributed by atoms with E-state index in [-0.39, 0.29) is 11.9 Å². The van der Waals surface area contributed by atoms with Crippen LogP contribution in [-0.4, -0.2) is 5.91 Å². The first-order chi connectivity index (χ1) is 13.3. The first kappa shape index (κ1) is 17.5. The molecule has 0 saturated carbocycles. The molecular weight excluding hydrogens is 330 g/mol. The largest absolute Gasteiger partial charge is 0.345 e. The lowest BCUT2D eigenvalue weighted by Crippen LogP contribution is -2.31. The van der Waals surface area contributed by atoms with Crippen LogP contribution in [0.5, 0.6) is 0 Å². The van der Waals surface area contributed by atoms with Gasteiger partial charge in [0.05, 0.1) is 6.04 Å². The molecule has 0 heterocycles. The molecule has 1 aliphatic rings. The van der Waals surface area contributed by atoms with Crippen LogP contribution in [0.4, 0.5) is 0 Å². The van der Waals surface area contributed by atoms with Crippen LogP contribution in [0, 0.1) is 0 Å². The van der Waals surface area contributed by atoms with Crippen LogP contribution in [0.1, 0.15) is 51.5 Å². The van der Waals surface area contributed by atoms with Crippen LogP contribution < -0.4 is 5.32 Å². The van der Waals surface area contributed by atoms with Crippen molar-refractivity contribution in [2.45, 2.75) is 38.1 Å². The van der Waals surface area contributed by atoms with Gasteiger partial charge in [-0.05, 0) is 60.4 Å². The highest BCUT2D eigenvalue weighted by Crippen LogP contribution is 2.29. The molecule has 3 aromatic carbocycles.